The summed E-state index contributed by atoms with van der Waals surface area (Å²) in [6.45, 7) is 6.53. The third kappa shape index (κ3) is 2.86. The minimum atomic E-state index is 1.03. The van der Waals surface area contributed by atoms with E-state index in [9.17, 15) is 0 Å². The molecule has 0 aromatic heterocycles. The Morgan fingerprint density at radius 3 is 2.47 bits per heavy atom. The Balaban J connectivity index is 2.83. The molecule has 0 bridgehead atoms. The van der Waals surface area contributed by atoms with E-state index in [0.29, 0.717) is 0 Å². The van der Waals surface area contributed by atoms with Crippen molar-refractivity contribution in [3.8, 4) is 12.3 Å². The highest BCUT2D eigenvalue weighted by Crippen LogP contribution is 2.19. The summed E-state index contributed by atoms with van der Waals surface area (Å²) >= 11 is 0. The predicted octanol–water partition coefficient (Wildman–Crippen LogP) is 4.02. The van der Waals surface area contributed by atoms with E-state index in [1.54, 1.807) is 0 Å². The first-order valence-corrected chi connectivity index (χ1v) is 5.76. The van der Waals surface area contributed by atoms with Gasteiger partial charge in [0.25, 0.3) is 0 Å². The molecule has 0 aliphatic rings. The molecule has 0 heteroatoms. The first kappa shape index (κ1) is 11.9. The van der Waals surface area contributed by atoms with Gasteiger partial charge in [0, 0.05) is 5.56 Å². The number of hydrogen-bond acceptors (Lipinski definition) is 0. The van der Waals surface area contributed by atoms with Crippen molar-refractivity contribution in [2.24, 2.45) is 0 Å². The average Bonchev–Trinajstić information content (AvgIpc) is 2.25. The van der Waals surface area contributed by atoms with Gasteiger partial charge in [-0.25, -0.2) is 0 Å². The number of unbranched alkanes of at least 4 members (excludes halogenated alkanes) is 2. The van der Waals surface area contributed by atoms with Crippen molar-refractivity contribution >= 4 is 0 Å². The molecule has 0 N–H and O–H groups in total. The van der Waals surface area contributed by atoms with E-state index >= 15 is 0 Å². The molecular formula is C15H20. The number of terminal acetylenes is 1. The molecule has 0 spiro atoms. The smallest absolute Gasteiger partial charge is 0.0274 e. The summed E-state index contributed by atoms with van der Waals surface area (Å²) in [5, 5.41) is 0. The monoisotopic (exact) mass is 200 g/mol. The van der Waals surface area contributed by atoms with Gasteiger partial charge in [0.1, 0.15) is 0 Å². The number of hydrogen-bond donors (Lipinski definition) is 0. The Bertz CT molecular complexity index is 366. The lowest BCUT2D eigenvalue weighted by molar-refractivity contribution is 0.715. The molecule has 1 rings (SSSR count). The molecule has 1 aromatic rings. The molecule has 0 heterocycles. The van der Waals surface area contributed by atoms with Gasteiger partial charge >= 0.3 is 0 Å². The summed E-state index contributed by atoms with van der Waals surface area (Å²) in [6.07, 6.45) is 10.5. The highest BCUT2D eigenvalue weighted by Gasteiger charge is 2.04. The van der Waals surface area contributed by atoms with E-state index in [2.05, 4.69) is 38.8 Å². The van der Waals surface area contributed by atoms with Crippen LogP contribution in [0.4, 0.5) is 0 Å². The maximum atomic E-state index is 5.44. The maximum Gasteiger partial charge on any atom is 0.0274 e. The molecule has 1 aromatic carbocycles. The molecule has 0 aliphatic heterocycles. The quantitative estimate of drug-likeness (QED) is 0.508. The fraction of sp³-hybridized carbons (Fsp3) is 0.467. The molecule has 0 saturated carbocycles. The molecule has 0 atom stereocenters. The van der Waals surface area contributed by atoms with Crippen LogP contribution in [0.15, 0.2) is 12.1 Å². The Labute approximate surface area is 93.7 Å². The second-order valence-electron chi connectivity index (χ2n) is 4.12. The minimum Gasteiger partial charge on any atom is -0.115 e. The molecule has 0 radical (unpaired) electrons. The zero-order valence-electron chi connectivity index (χ0n) is 10.1. The molecule has 0 fully saturated rings. The van der Waals surface area contributed by atoms with Crippen LogP contribution in [0, 0.1) is 26.2 Å². The largest absolute Gasteiger partial charge is 0.115 e. The van der Waals surface area contributed by atoms with Gasteiger partial charge in [0.15, 0.2) is 0 Å². The van der Waals surface area contributed by atoms with E-state index in [4.69, 9.17) is 6.42 Å². The van der Waals surface area contributed by atoms with E-state index in [1.807, 2.05) is 0 Å². The van der Waals surface area contributed by atoms with Crippen molar-refractivity contribution in [3.63, 3.8) is 0 Å². The van der Waals surface area contributed by atoms with Crippen molar-refractivity contribution < 1.29 is 0 Å². The Hall–Kier alpha value is -1.22. The summed E-state index contributed by atoms with van der Waals surface area (Å²) in [6, 6.07) is 4.26. The van der Waals surface area contributed by atoms with Gasteiger partial charge < -0.3 is 0 Å². The molecule has 80 valence electrons. The van der Waals surface area contributed by atoms with Gasteiger partial charge in [-0.2, -0.15) is 0 Å². The van der Waals surface area contributed by atoms with E-state index in [0.717, 1.165) is 5.56 Å². The number of rotatable bonds is 4. The van der Waals surface area contributed by atoms with Gasteiger partial charge in [0.2, 0.25) is 0 Å². The minimum absolute atomic E-state index is 1.03. The molecular weight excluding hydrogens is 180 g/mol. The highest BCUT2D eigenvalue weighted by atomic mass is 14.1. The van der Waals surface area contributed by atoms with Crippen LogP contribution in [0.2, 0.25) is 0 Å². The first-order chi connectivity index (χ1) is 7.20. The van der Waals surface area contributed by atoms with Crippen LogP contribution in [-0.2, 0) is 6.42 Å². The van der Waals surface area contributed by atoms with Gasteiger partial charge in [-0.1, -0.05) is 31.8 Å². The molecule has 0 nitrogen and oxygen atoms in total. The van der Waals surface area contributed by atoms with Crippen LogP contribution in [-0.4, -0.2) is 0 Å². The van der Waals surface area contributed by atoms with Gasteiger partial charge in [-0.15, -0.1) is 6.42 Å². The molecule has 0 unspecified atom stereocenters. The molecule has 15 heavy (non-hydrogen) atoms. The van der Waals surface area contributed by atoms with Crippen LogP contribution < -0.4 is 0 Å². The fourth-order valence-corrected chi connectivity index (χ4v) is 1.87. The number of benzene rings is 1. The summed E-state index contributed by atoms with van der Waals surface area (Å²) < 4.78 is 0. The SMILES string of the molecule is C#Cc1ccc(CCCCC)c(C)c1C. The van der Waals surface area contributed by atoms with Crippen LogP contribution in [0.1, 0.15) is 48.4 Å². The summed E-state index contributed by atoms with van der Waals surface area (Å²) in [4.78, 5) is 0. The molecule has 0 saturated heterocycles. The van der Waals surface area contributed by atoms with Crippen LogP contribution in [0.5, 0.6) is 0 Å². The summed E-state index contributed by atoms with van der Waals surface area (Å²) in [5.41, 5.74) is 5.14. The molecule has 0 aliphatic carbocycles. The standard InChI is InChI=1S/C15H20/c1-5-7-8-9-15-11-10-14(6-2)12(3)13(15)4/h2,10-11H,5,7-9H2,1,3-4H3. The third-order valence-corrected chi connectivity index (χ3v) is 3.10. The summed E-state index contributed by atoms with van der Waals surface area (Å²) in [5.74, 6) is 2.73. The second kappa shape index (κ2) is 5.61. The zero-order chi connectivity index (χ0) is 11.3. The Morgan fingerprint density at radius 2 is 1.87 bits per heavy atom. The van der Waals surface area contributed by atoms with Crippen LogP contribution in [0.3, 0.4) is 0 Å². The predicted molar refractivity (Wildman–Crippen MR) is 67.1 cm³/mol. The lowest BCUT2D eigenvalue weighted by Crippen LogP contribution is -1.95. The zero-order valence-corrected chi connectivity index (χ0v) is 10.1. The van der Waals surface area contributed by atoms with Crippen molar-refractivity contribution in [2.75, 3.05) is 0 Å². The Morgan fingerprint density at radius 1 is 1.13 bits per heavy atom. The topological polar surface area (TPSA) is 0 Å². The molecule has 0 amide bonds. The maximum absolute atomic E-state index is 5.44. The van der Waals surface area contributed by atoms with E-state index < -0.39 is 0 Å². The normalized spacial score (nSPS) is 10.0. The Kier molecular flexibility index (Phi) is 4.43. The van der Waals surface area contributed by atoms with Crippen molar-refractivity contribution in [1.82, 2.24) is 0 Å². The summed E-state index contributed by atoms with van der Waals surface area (Å²) in [7, 11) is 0. The highest BCUT2D eigenvalue weighted by molar-refractivity contribution is 5.46. The van der Waals surface area contributed by atoms with E-state index in [-0.39, 0.29) is 0 Å². The average molecular weight is 200 g/mol. The first-order valence-electron chi connectivity index (χ1n) is 5.76. The van der Waals surface area contributed by atoms with Crippen molar-refractivity contribution in [1.29, 1.82) is 0 Å². The lowest BCUT2D eigenvalue weighted by atomic mass is 9.95. The van der Waals surface area contributed by atoms with Crippen molar-refractivity contribution in [2.45, 2.75) is 46.5 Å². The second-order valence-corrected chi connectivity index (χ2v) is 4.12. The number of aryl methyl sites for hydroxylation is 1. The van der Waals surface area contributed by atoms with Gasteiger partial charge in [-0.3, -0.25) is 0 Å². The van der Waals surface area contributed by atoms with E-state index in [1.165, 1.54) is 42.4 Å². The fourth-order valence-electron chi connectivity index (χ4n) is 1.87. The van der Waals surface area contributed by atoms with Gasteiger partial charge in [0.05, 0.1) is 0 Å². The third-order valence-electron chi connectivity index (χ3n) is 3.10. The van der Waals surface area contributed by atoms with Crippen LogP contribution >= 0.6 is 0 Å². The van der Waals surface area contributed by atoms with Crippen LogP contribution in [0.25, 0.3) is 0 Å². The van der Waals surface area contributed by atoms with Gasteiger partial charge in [-0.05, 0) is 49.4 Å². The van der Waals surface area contributed by atoms with Crippen molar-refractivity contribution in [3.05, 3.63) is 34.4 Å². The lowest BCUT2D eigenvalue weighted by Gasteiger charge is -2.10.